The summed E-state index contributed by atoms with van der Waals surface area (Å²) in [6, 6.07) is 13.9. The first kappa shape index (κ1) is 17.5. The number of rotatable bonds is 5. The van der Waals surface area contributed by atoms with Crippen LogP contribution < -0.4 is 5.32 Å². The smallest absolute Gasteiger partial charge is 0.276 e. The number of pyridine rings is 1. The lowest BCUT2D eigenvalue weighted by atomic mass is 10.1. The van der Waals surface area contributed by atoms with Gasteiger partial charge in [-0.3, -0.25) is 15.1 Å². The molecule has 0 aliphatic rings. The third-order valence-corrected chi connectivity index (χ3v) is 5.65. The summed E-state index contributed by atoms with van der Waals surface area (Å²) in [6.45, 7) is 2.12. The van der Waals surface area contributed by atoms with Crippen molar-refractivity contribution >= 4 is 33.7 Å². The topological polar surface area (TPSA) is 67.8 Å². The van der Waals surface area contributed by atoms with Crippen molar-refractivity contribution in [2.45, 2.75) is 13.3 Å². The first-order valence-electron chi connectivity index (χ1n) is 8.46. The molecule has 0 saturated carbocycles. The second-order valence-corrected chi connectivity index (χ2v) is 7.51. The summed E-state index contributed by atoms with van der Waals surface area (Å²) in [4.78, 5) is 25.7. The van der Waals surface area contributed by atoms with Gasteiger partial charge in [0.25, 0.3) is 5.91 Å². The number of carbonyl (C=O) groups excluding carboxylic acids is 1. The van der Waals surface area contributed by atoms with Gasteiger partial charge >= 0.3 is 0 Å². The molecular formula is C20H16N4OS2. The zero-order valence-corrected chi connectivity index (χ0v) is 16.2. The molecule has 4 rings (SSSR count). The molecule has 1 amide bonds. The van der Waals surface area contributed by atoms with Crippen molar-refractivity contribution < 1.29 is 4.79 Å². The SMILES string of the molecule is CCc1ccc(-c2nc(C(=O)Nc3nc(-c4ccccn4)cs3)cs2)cc1. The number of anilines is 1. The highest BCUT2D eigenvalue weighted by molar-refractivity contribution is 7.14. The molecule has 0 aliphatic carbocycles. The van der Waals surface area contributed by atoms with Crippen LogP contribution in [0.1, 0.15) is 23.0 Å². The van der Waals surface area contributed by atoms with Gasteiger partial charge in [0.2, 0.25) is 0 Å². The molecule has 0 spiro atoms. The van der Waals surface area contributed by atoms with Crippen molar-refractivity contribution in [1.29, 1.82) is 0 Å². The van der Waals surface area contributed by atoms with Crippen molar-refractivity contribution in [2.75, 3.05) is 5.32 Å². The van der Waals surface area contributed by atoms with E-state index in [4.69, 9.17) is 0 Å². The van der Waals surface area contributed by atoms with E-state index in [1.54, 1.807) is 11.6 Å². The molecule has 7 heteroatoms. The average Bonchev–Trinajstić information content (AvgIpc) is 3.39. The van der Waals surface area contributed by atoms with Crippen LogP contribution in [0, 0.1) is 0 Å². The van der Waals surface area contributed by atoms with Crippen molar-refractivity contribution in [3.63, 3.8) is 0 Å². The van der Waals surface area contributed by atoms with E-state index in [0.29, 0.717) is 10.8 Å². The standard InChI is InChI=1S/C20H16N4OS2/c1-2-13-6-8-14(9-7-13)19-22-17(12-26-19)18(25)24-20-23-16(11-27-20)15-5-3-4-10-21-15/h3-12H,2H2,1H3,(H,23,24,25). The third kappa shape index (κ3) is 3.94. The lowest BCUT2D eigenvalue weighted by molar-refractivity contribution is 0.102. The molecule has 1 aromatic carbocycles. The maximum Gasteiger partial charge on any atom is 0.276 e. The molecule has 3 aromatic heterocycles. The van der Waals surface area contributed by atoms with Gasteiger partial charge in [0.1, 0.15) is 16.4 Å². The number of hydrogen-bond acceptors (Lipinski definition) is 6. The van der Waals surface area contributed by atoms with E-state index in [9.17, 15) is 4.79 Å². The highest BCUT2D eigenvalue weighted by atomic mass is 32.1. The molecule has 1 N–H and O–H groups in total. The average molecular weight is 393 g/mol. The fraction of sp³-hybridized carbons (Fsp3) is 0.100. The minimum absolute atomic E-state index is 0.260. The molecule has 0 aliphatic heterocycles. The van der Waals surface area contributed by atoms with Crippen LogP contribution in [0.3, 0.4) is 0 Å². The molecule has 0 atom stereocenters. The van der Waals surface area contributed by atoms with E-state index in [2.05, 4.69) is 39.3 Å². The van der Waals surface area contributed by atoms with Crippen LogP contribution in [0.5, 0.6) is 0 Å². The molecule has 27 heavy (non-hydrogen) atoms. The minimum atomic E-state index is -0.260. The number of thiazole rings is 2. The molecule has 0 radical (unpaired) electrons. The summed E-state index contributed by atoms with van der Waals surface area (Å²) in [6.07, 6.45) is 2.72. The van der Waals surface area contributed by atoms with Gasteiger partial charge in [0.05, 0.1) is 5.69 Å². The predicted molar refractivity (Wildman–Crippen MR) is 110 cm³/mol. The highest BCUT2D eigenvalue weighted by Gasteiger charge is 2.14. The number of aromatic nitrogens is 3. The maximum absolute atomic E-state index is 12.5. The lowest BCUT2D eigenvalue weighted by Crippen LogP contribution is -2.12. The molecule has 0 unspecified atom stereocenters. The summed E-state index contributed by atoms with van der Waals surface area (Å²) < 4.78 is 0. The Morgan fingerprint density at radius 2 is 1.85 bits per heavy atom. The molecular weight excluding hydrogens is 376 g/mol. The minimum Gasteiger partial charge on any atom is -0.296 e. The largest absolute Gasteiger partial charge is 0.296 e. The van der Waals surface area contributed by atoms with Gasteiger partial charge < -0.3 is 0 Å². The van der Waals surface area contributed by atoms with Gasteiger partial charge in [0, 0.05) is 22.5 Å². The fourth-order valence-electron chi connectivity index (χ4n) is 2.52. The first-order chi connectivity index (χ1) is 13.2. The Morgan fingerprint density at radius 1 is 1.00 bits per heavy atom. The van der Waals surface area contributed by atoms with Gasteiger partial charge in [0.15, 0.2) is 5.13 Å². The summed E-state index contributed by atoms with van der Waals surface area (Å²) in [5, 5.41) is 7.82. The quantitative estimate of drug-likeness (QED) is 0.510. The predicted octanol–water partition coefficient (Wildman–Crippen LogP) is 5.14. The van der Waals surface area contributed by atoms with Crippen LogP contribution >= 0.6 is 22.7 Å². The Morgan fingerprint density at radius 3 is 2.59 bits per heavy atom. The molecule has 0 fully saturated rings. The van der Waals surface area contributed by atoms with Crippen molar-refractivity contribution in [2.24, 2.45) is 0 Å². The van der Waals surface area contributed by atoms with Crippen molar-refractivity contribution in [3.8, 4) is 22.0 Å². The second kappa shape index (κ2) is 7.77. The summed E-state index contributed by atoms with van der Waals surface area (Å²) in [5.74, 6) is -0.260. The summed E-state index contributed by atoms with van der Waals surface area (Å²) in [7, 11) is 0. The number of hydrogen-bond donors (Lipinski definition) is 1. The highest BCUT2D eigenvalue weighted by Crippen LogP contribution is 2.26. The number of aryl methyl sites for hydroxylation is 1. The van der Waals surface area contributed by atoms with Crippen LogP contribution in [0.15, 0.2) is 59.4 Å². The monoisotopic (exact) mass is 392 g/mol. The Labute approximate surface area is 164 Å². The van der Waals surface area contributed by atoms with Crippen molar-refractivity contribution in [3.05, 3.63) is 70.7 Å². The Hall–Kier alpha value is -2.90. The molecule has 134 valence electrons. The number of nitrogens with zero attached hydrogens (tertiary/aromatic N) is 3. The van der Waals surface area contributed by atoms with Crippen LogP contribution in [0.4, 0.5) is 5.13 Å². The van der Waals surface area contributed by atoms with Gasteiger partial charge in [-0.05, 0) is 24.1 Å². The summed E-state index contributed by atoms with van der Waals surface area (Å²) in [5.41, 5.74) is 4.21. The Bertz CT molecular complexity index is 1060. The van der Waals surface area contributed by atoms with Gasteiger partial charge in [-0.25, -0.2) is 9.97 Å². The van der Waals surface area contributed by atoms with E-state index < -0.39 is 0 Å². The maximum atomic E-state index is 12.5. The van der Waals surface area contributed by atoms with E-state index in [1.165, 1.54) is 28.2 Å². The normalized spacial score (nSPS) is 10.7. The Kier molecular flexibility index (Phi) is 5.04. The van der Waals surface area contributed by atoms with Gasteiger partial charge in [-0.2, -0.15) is 0 Å². The first-order valence-corrected chi connectivity index (χ1v) is 10.2. The molecule has 4 aromatic rings. The lowest BCUT2D eigenvalue weighted by Gasteiger charge is -1.99. The van der Waals surface area contributed by atoms with Crippen molar-refractivity contribution in [1.82, 2.24) is 15.0 Å². The third-order valence-electron chi connectivity index (χ3n) is 4.00. The van der Waals surface area contributed by atoms with E-state index in [-0.39, 0.29) is 5.91 Å². The molecule has 0 bridgehead atoms. The van der Waals surface area contributed by atoms with E-state index in [0.717, 1.165) is 28.4 Å². The van der Waals surface area contributed by atoms with Gasteiger partial charge in [-0.15, -0.1) is 22.7 Å². The van der Waals surface area contributed by atoms with Gasteiger partial charge in [-0.1, -0.05) is 37.3 Å². The Balaban J connectivity index is 1.47. The molecule has 5 nitrogen and oxygen atoms in total. The zero-order valence-electron chi connectivity index (χ0n) is 14.5. The fourth-order valence-corrected chi connectivity index (χ4v) is 4.02. The number of carbonyl (C=O) groups is 1. The van der Waals surface area contributed by atoms with Crippen LogP contribution in [0.2, 0.25) is 0 Å². The number of nitrogens with one attached hydrogen (secondary N) is 1. The second-order valence-electron chi connectivity index (χ2n) is 5.80. The molecule has 0 saturated heterocycles. The summed E-state index contributed by atoms with van der Waals surface area (Å²) >= 11 is 2.83. The van der Waals surface area contributed by atoms with E-state index in [1.807, 2.05) is 35.7 Å². The van der Waals surface area contributed by atoms with Crippen LogP contribution in [0.25, 0.3) is 22.0 Å². The zero-order chi connectivity index (χ0) is 18.6. The number of benzene rings is 1. The van der Waals surface area contributed by atoms with Crippen LogP contribution in [-0.4, -0.2) is 20.9 Å². The van der Waals surface area contributed by atoms with Crippen LogP contribution in [-0.2, 0) is 6.42 Å². The number of amides is 1. The molecule has 3 heterocycles. The van der Waals surface area contributed by atoms with E-state index >= 15 is 0 Å².